The van der Waals surface area contributed by atoms with E-state index in [0.29, 0.717) is 28.1 Å². The average molecular weight is 410 g/mol. The first-order valence-electron chi connectivity index (χ1n) is 8.80. The summed E-state index contributed by atoms with van der Waals surface area (Å²) in [6, 6.07) is 10.3. The van der Waals surface area contributed by atoms with Gasteiger partial charge in [0.05, 0.1) is 23.7 Å². The smallest absolute Gasteiger partial charge is 0.337 e. The van der Waals surface area contributed by atoms with Gasteiger partial charge in [0.15, 0.2) is 11.6 Å². The van der Waals surface area contributed by atoms with Crippen LogP contribution in [0.25, 0.3) is 17.0 Å². The monoisotopic (exact) mass is 410 g/mol. The zero-order valence-electron chi connectivity index (χ0n) is 16.0. The van der Waals surface area contributed by atoms with Crippen LogP contribution in [0.15, 0.2) is 42.5 Å². The molecule has 0 fully saturated rings. The summed E-state index contributed by atoms with van der Waals surface area (Å²) in [6.45, 7) is 1.69. The Morgan fingerprint density at radius 3 is 2.53 bits per heavy atom. The number of aromatic nitrogens is 4. The van der Waals surface area contributed by atoms with E-state index in [1.807, 2.05) is 0 Å². The molecule has 152 valence electrons. The SMILES string of the molecule is COC(=O)c1ccc(Nc2nc(-n3c(C)nc4ccc(F)cc43)nc(N)c2F)cc1. The minimum atomic E-state index is -0.843. The second kappa shape index (κ2) is 7.39. The third-order valence-electron chi connectivity index (χ3n) is 4.42. The molecular formula is C20H16F2N6O2. The van der Waals surface area contributed by atoms with Crippen LogP contribution < -0.4 is 11.1 Å². The Labute approximate surface area is 169 Å². The lowest BCUT2D eigenvalue weighted by Gasteiger charge is -2.12. The van der Waals surface area contributed by atoms with Gasteiger partial charge in [0.1, 0.15) is 11.6 Å². The van der Waals surface area contributed by atoms with Crippen LogP contribution in [0, 0.1) is 18.6 Å². The fourth-order valence-corrected chi connectivity index (χ4v) is 3.00. The first kappa shape index (κ1) is 19.2. The number of nitrogens with zero attached hydrogens (tertiary/aromatic N) is 4. The summed E-state index contributed by atoms with van der Waals surface area (Å²) in [6.07, 6.45) is 0. The van der Waals surface area contributed by atoms with E-state index in [9.17, 15) is 13.6 Å². The highest BCUT2D eigenvalue weighted by molar-refractivity contribution is 5.89. The number of carbonyl (C=O) groups excluding carboxylic acids is 1. The standard InChI is InChI=1S/C20H16F2N6O2/c1-10-24-14-8-5-12(21)9-15(14)28(10)20-26-17(23)16(22)18(27-20)25-13-6-3-11(4-7-13)19(29)30-2/h3-9H,1-2H3,(H3,23,25,26,27). The number of hydrogen-bond acceptors (Lipinski definition) is 7. The van der Waals surface area contributed by atoms with E-state index in [2.05, 4.69) is 25.0 Å². The fourth-order valence-electron chi connectivity index (χ4n) is 3.00. The van der Waals surface area contributed by atoms with Crippen LogP contribution in [0.3, 0.4) is 0 Å². The number of rotatable bonds is 4. The van der Waals surface area contributed by atoms with Gasteiger partial charge in [-0.15, -0.1) is 0 Å². The third-order valence-corrected chi connectivity index (χ3v) is 4.42. The number of nitrogen functional groups attached to an aromatic ring is 1. The lowest BCUT2D eigenvalue weighted by Crippen LogP contribution is -2.11. The molecule has 8 nitrogen and oxygen atoms in total. The van der Waals surface area contributed by atoms with Gasteiger partial charge in [0.2, 0.25) is 11.8 Å². The maximum atomic E-state index is 14.6. The highest BCUT2D eigenvalue weighted by Crippen LogP contribution is 2.26. The molecule has 10 heteroatoms. The van der Waals surface area contributed by atoms with Crippen molar-refractivity contribution in [1.82, 2.24) is 19.5 Å². The Morgan fingerprint density at radius 2 is 1.83 bits per heavy atom. The van der Waals surface area contributed by atoms with Crippen LogP contribution in [-0.4, -0.2) is 32.6 Å². The molecule has 0 aliphatic heterocycles. The van der Waals surface area contributed by atoms with E-state index in [-0.39, 0.29) is 17.6 Å². The normalized spacial score (nSPS) is 10.9. The van der Waals surface area contributed by atoms with Gasteiger partial charge in [-0.2, -0.15) is 14.4 Å². The number of ether oxygens (including phenoxy) is 1. The maximum Gasteiger partial charge on any atom is 0.337 e. The van der Waals surface area contributed by atoms with Crippen molar-refractivity contribution in [1.29, 1.82) is 0 Å². The van der Waals surface area contributed by atoms with Crippen molar-refractivity contribution in [3.05, 3.63) is 65.5 Å². The molecule has 0 radical (unpaired) electrons. The van der Waals surface area contributed by atoms with Crippen LogP contribution in [-0.2, 0) is 4.74 Å². The topological polar surface area (TPSA) is 108 Å². The van der Waals surface area contributed by atoms with Crippen molar-refractivity contribution in [3.8, 4) is 5.95 Å². The number of aryl methyl sites for hydroxylation is 1. The number of anilines is 3. The Kier molecular flexibility index (Phi) is 4.74. The molecule has 4 aromatic rings. The minimum absolute atomic E-state index is 0.0354. The predicted molar refractivity (Wildman–Crippen MR) is 107 cm³/mol. The van der Waals surface area contributed by atoms with Crippen molar-refractivity contribution in [3.63, 3.8) is 0 Å². The number of halogens is 2. The molecule has 0 unspecified atom stereocenters. The highest BCUT2D eigenvalue weighted by Gasteiger charge is 2.18. The Bertz CT molecular complexity index is 1270. The minimum Gasteiger partial charge on any atom is -0.465 e. The van der Waals surface area contributed by atoms with Crippen LogP contribution >= 0.6 is 0 Å². The number of imidazole rings is 1. The molecule has 0 saturated carbocycles. The van der Waals surface area contributed by atoms with E-state index in [1.165, 1.54) is 42.0 Å². The highest BCUT2D eigenvalue weighted by atomic mass is 19.1. The zero-order chi connectivity index (χ0) is 21.4. The molecule has 0 spiro atoms. The second-order valence-electron chi connectivity index (χ2n) is 6.39. The molecule has 2 aromatic carbocycles. The predicted octanol–water partition coefficient (Wildman–Crippen LogP) is 3.51. The first-order valence-corrected chi connectivity index (χ1v) is 8.80. The number of esters is 1. The number of benzene rings is 2. The van der Waals surface area contributed by atoms with Crippen molar-refractivity contribution < 1.29 is 18.3 Å². The molecule has 0 amide bonds. The van der Waals surface area contributed by atoms with Gasteiger partial charge in [0, 0.05) is 11.8 Å². The summed E-state index contributed by atoms with van der Waals surface area (Å²) in [5.41, 5.74) is 7.51. The van der Waals surface area contributed by atoms with Crippen molar-refractivity contribution in [2.24, 2.45) is 0 Å². The Morgan fingerprint density at radius 1 is 1.10 bits per heavy atom. The van der Waals surface area contributed by atoms with Gasteiger partial charge in [0.25, 0.3) is 0 Å². The van der Waals surface area contributed by atoms with Gasteiger partial charge in [-0.25, -0.2) is 14.2 Å². The molecule has 0 atom stereocenters. The van der Waals surface area contributed by atoms with Gasteiger partial charge in [-0.05, 0) is 43.3 Å². The molecule has 0 aliphatic carbocycles. The third kappa shape index (κ3) is 3.39. The first-order chi connectivity index (χ1) is 14.4. The molecule has 2 aromatic heterocycles. The molecule has 0 aliphatic rings. The zero-order valence-corrected chi connectivity index (χ0v) is 16.0. The number of nitrogens with one attached hydrogen (secondary N) is 1. The van der Waals surface area contributed by atoms with E-state index in [4.69, 9.17) is 5.73 Å². The van der Waals surface area contributed by atoms with Gasteiger partial charge < -0.3 is 15.8 Å². The van der Waals surface area contributed by atoms with Crippen molar-refractivity contribution in [2.75, 3.05) is 18.2 Å². The number of methoxy groups -OCH3 is 1. The second-order valence-corrected chi connectivity index (χ2v) is 6.39. The van der Waals surface area contributed by atoms with Gasteiger partial charge in [-0.3, -0.25) is 4.57 Å². The van der Waals surface area contributed by atoms with Crippen molar-refractivity contribution >= 4 is 34.3 Å². The summed E-state index contributed by atoms with van der Waals surface area (Å²) in [5, 5.41) is 2.81. The van der Waals surface area contributed by atoms with Gasteiger partial charge >= 0.3 is 5.97 Å². The maximum absolute atomic E-state index is 14.6. The molecule has 0 bridgehead atoms. The largest absolute Gasteiger partial charge is 0.465 e. The van der Waals surface area contributed by atoms with E-state index in [0.717, 1.165) is 0 Å². The molecule has 30 heavy (non-hydrogen) atoms. The fraction of sp³-hybridized carbons (Fsp3) is 0.100. The average Bonchev–Trinajstić information content (AvgIpc) is 3.06. The van der Waals surface area contributed by atoms with Crippen LogP contribution in [0.1, 0.15) is 16.2 Å². The molecule has 2 heterocycles. The summed E-state index contributed by atoms with van der Waals surface area (Å²) in [7, 11) is 1.28. The van der Waals surface area contributed by atoms with Crippen LogP contribution in [0.4, 0.5) is 26.1 Å². The van der Waals surface area contributed by atoms with Crippen LogP contribution in [0.5, 0.6) is 0 Å². The Balaban J connectivity index is 1.76. The van der Waals surface area contributed by atoms with E-state index < -0.39 is 17.6 Å². The number of fused-ring (bicyclic) bond motifs is 1. The van der Waals surface area contributed by atoms with Crippen molar-refractivity contribution in [2.45, 2.75) is 6.92 Å². The summed E-state index contributed by atoms with van der Waals surface area (Å²) in [5.74, 6) is -1.83. The number of nitrogens with two attached hydrogens (primary N) is 1. The molecular weight excluding hydrogens is 394 g/mol. The van der Waals surface area contributed by atoms with E-state index in [1.54, 1.807) is 19.1 Å². The Hall–Kier alpha value is -4.08. The summed E-state index contributed by atoms with van der Waals surface area (Å²) in [4.78, 5) is 24.1. The summed E-state index contributed by atoms with van der Waals surface area (Å²) < 4.78 is 34.5. The summed E-state index contributed by atoms with van der Waals surface area (Å²) >= 11 is 0. The van der Waals surface area contributed by atoms with Crippen LogP contribution in [0.2, 0.25) is 0 Å². The lowest BCUT2D eigenvalue weighted by atomic mass is 10.2. The van der Waals surface area contributed by atoms with Gasteiger partial charge in [-0.1, -0.05) is 0 Å². The number of carbonyl (C=O) groups is 1. The quantitative estimate of drug-likeness (QED) is 0.496. The lowest BCUT2D eigenvalue weighted by molar-refractivity contribution is 0.0601. The molecule has 3 N–H and O–H groups in total. The molecule has 0 saturated heterocycles. The molecule has 4 rings (SSSR count). The van der Waals surface area contributed by atoms with E-state index >= 15 is 0 Å². The number of hydrogen-bond donors (Lipinski definition) is 2.